The van der Waals surface area contributed by atoms with Crippen LogP contribution in [-0.4, -0.2) is 17.8 Å². The van der Waals surface area contributed by atoms with Gasteiger partial charge < -0.3 is 9.84 Å². The molecule has 0 bridgehead atoms. The standard InChI is InChI=1S/C18H23FO2/c1-13-5-7-17(10-14(13)2)21-12-15-6-8-18(19)16(11-15)4-3-9-20/h6,8,11,13-14,17,20H,5,7,9-10,12H2,1-2H3. The van der Waals surface area contributed by atoms with E-state index in [-0.39, 0.29) is 12.4 Å². The fourth-order valence-corrected chi connectivity index (χ4v) is 2.76. The molecule has 0 spiro atoms. The van der Waals surface area contributed by atoms with Gasteiger partial charge in [-0.1, -0.05) is 31.8 Å². The molecule has 0 saturated heterocycles. The summed E-state index contributed by atoms with van der Waals surface area (Å²) >= 11 is 0. The van der Waals surface area contributed by atoms with Crippen molar-refractivity contribution in [1.29, 1.82) is 0 Å². The largest absolute Gasteiger partial charge is 0.384 e. The highest BCUT2D eigenvalue weighted by atomic mass is 19.1. The third kappa shape index (κ3) is 4.56. The van der Waals surface area contributed by atoms with Crippen LogP contribution < -0.4 is 0 Å². The quantitative estimate of drug-likeness (QED) is 0.863. The summed E-state index contributed by atoms with van der Waals surface area (Å²) in [6, 6.07) is 4.84. The van der Waals surface area contributed by atoms with Gasteiger partial charge in [0, 0.05) is 0 Å². The fourth-order valence-electron chi connectivity index (χ4n) is 2.76. The summed E-state index contributed by atoms with van der Waals surface area (Å²) in [4.78, 5) is 0. The first-order valence-electron chi connectivity index (χ1n) is 7.60. The molecular weight excluding hydrogens is 267 g/mol. The summed E-state index contributed by atoms with van der Waals surface area (Å²) in [5.41, 5.74) is 1.24. The van der Waals surface area contributed by atoms with E-state index in [1.54, 1.807) is 12.1 Å². The molecule has 0 heterocycles. The fraction of sp³-hybridized carbons (Fsp3) is 0.556. The zero-order valence-corrected chi connectivity index (χ0v) is 12.7. The van der Waals surface area contributed by atoms with Crippen LogP contribution in [0.25, 0.3) is 0 Å². The molecule has 0 aliphatic heterocycles. The lowest BCUT2D eigenvalue weighted by Gasteiger charge is -2.32. The molecule has 3 unspecified atom stereocenters. The van der Waals surface area contributed by atoms with Crippen LogP contribution >= 0.6 is 0 Å². The molecule has 3 heteroatoms. The summed E-state index contributed by atoms with van der Waals surface area (Å²) in [6.07, 6.45) is 3.71. The van der Waals surface area contributed by atoms with Crippen molar-refractivity contribution in [2.24, 2.45) is 11.8 Å². The number of aliphatic hydroxyl groups is 1. The molecule has 3 atom stereocenters. The van der Waals surface area contributed by atoms with Crippen LogP contribution in [-0.2, 0) is 11.3 Å². The smallest absolute Gasteiger partial charge is 0.138 e. The predicted molar refractivity (Wildman–Crippen MR) is 81.1 cm³/mol. The second-order valence-electron chi connectivity index (χ2n) is 5.97. The van der Waals surface area contributed by atoms with Crippen molar-refractivity contribution in [2.45, 2.75) is 45.8 Å². The van der Waals surface area contributed by atoms with E-state index >= 15 is 0 Å². The number of benzene rings is 1. The van der Waals surface area contributed by atoms with Crippen LogP contribution in [0.2, 0.25) is 0 Å². The maximum atomic E-state index is 13.6. The van der Waals surface area contributed by atoms with E-state index in [0.29, 0.717) is 24.2 Å². The van der Waals surface area contributed by atoms with Gasteiger partial charge in [0.1, 0.15) is 12.4 Å². The van der Waals surface area contributed by atoms with Crippen LogP contribution in [0.3, 0.4) is 0 Å². The average molecular weight is 290 g/mol. The second kappa shape index (κ2) is 7.59. The number of ether oxygens (including phenoxy) is 1. The van der Waals surface area contributed by atoms with Crippen LogP contribution in [0.1, 0.15) is 44.2 Å². The van der Waals surface area contributed by atoms with Crippen molar-refractivity contribution >= 4 is 0 Å². The van der Waals surface area contributed by atoms with E-state index in [1.807, 2.05) is 0 Å². The Hall–Kier alpha value is -1.37. The van der Waals surface area contributed by atoms with Gasteiger partial charge in [-0.2, -0.15) is 0 Å². The molecular formula is C18H23FO2. The Bertz CT molecular complexity index is 530. The molecule has 2 nitrogen and oxygen atoms in total. The number of aliphatic hydroxyl groups excluding tert-OH is 1. The lowest BCUT2D eigenvalue weighted by Crippen LogP contribution is -2.26. The zero-order chi connectivity index (χ0) is 15.2. The molecule has 0 amide bonds. The van der Waals surface area contributed by atoms with Crippen molar-refractivity contribution in [3.63, 3.8) is 0 Å². The minimum atomic E-state index is -0.361. The summed E-state index contributed by atoms with van der Waals surface area (Å²) in [7, 11) is 0. The van der Waals surface area contributed by atoms with Gasteiger partial charge in [0.05, 0.1) is 18.3 Å². The Morgan fingerprint density at radius 3 is 2.81 bits per heavy atom. The van der Waals surface area contributed by atoms with Crippen LogP contribution in [0.4, 0.5) is 4.39 Å². The summed E-state index contributed by atoms with van der Waals surface area (Å²) < 4.78 is 19.5. The van der Waals surface area contributed by atoms with Gasteiger partial charge >= 0.3 is 0 Å². The van der Waals surface area contributed by atoms with Crippen molar-refractivity contribution in [3.05, 3.63) is 35.1 Å². The first-order valence-corrected chi connectivity index (χ1v) is 7.60. The maximum Gasteiger partial charge on any atom is 0.138 e. The molecule has 21 heavy (non-hydrogen) atoms. The van der Waals surface area contributed by atoms with E-state index in [1.165, 1.54) is 12.5 Å². The molecule has 1 fully saturated rings. The lowest BCUT2D eigenvalue weighted by atomic mass is 9.80. The normalized spacial score (nSPS) is 25.2. The van der Waals surface area contributed by atoms with E-state index in [2.05, 4.69) is 25.7 Å². The topological polar surface area (TPSA) is 29.5 Å². The Morgan fingerprint density at radius 2 is 2.10 bits per heavy atom. The molecule has 1 saturated carbocycles. The lowest BCUT2D eigenvalue weighted by molar-refractivity contribution is -0.00747. The van der Waals surface area contributed by atoms with Gasteiger partial charge in [0.2, 0.25) is 0 Å². The predicted octanol–water partition coefficient (Wildman–Crippen LogP) is 3.51. The highest BCUT2D eigenvalue weighted by Gasteiger charge is 2.24. The maximum absolute atomic E-state index is 13.6. The molecule has 1 aromatic carbocycles. The van der Waals surface area contributed by atoms with Crippen LogP contribution in [0.5, 0.6) is 0 Å². The number of hydrogen-bond donors (Lipinski definition) is 1. The van der Waals surface area contributed by atoms with Crippen molar-refractivity contribution in [1.82, 2.24) is 0 Å². The highest BCUT2D eigenvalue weighted by Crippen LogP contribution is 2.31. The van der Waals surface area contributed by atoms with Crippen molar-refractivity contribution < 1.29 is 14.2 Å². The molecule has 2 rings (SSSR count). The van der Waals surface area contributed by atoms with Crippen LogP contribution in [0, 0.1) is 29.5 Å². The van der Waals surface area contributed by atoms with Gasteiger partial charge in [-0.05, 0) is 48.8 Å². The Morgan fingerprint density at radius 1 is 1.29 bits per heavy atom. The number of hydrogen-bond acceptors (Lipinski definition) is 2. The molecule has 0 aromatic heterocycles. The average Bonchev–Trinajstić information content (AvgIpc) is 2.48. The van der Waals surface area contributed by atoms with Crippen molar-refractivity contribution in [3.8, 4) is 11.8 Å². The molecule has 1 aromatic rings. The van der Waals surface area contributed by atoms with E-state index in [4.69, 9.17) is 9.84 Å². The van der Waals surface area contributed by atoms with E-state index < -0.39 is 0 Å². The minimum absolute atomic E-state index is 0.266. The van der Waals surface area contributed by atoms with Gasteiger partial charge in [-0.3, -0.25) is 0 Å². The molecule has 1 aliphatic carbocycles. The first kappa shape index (κ1) is 16.0. The zero-order valence-electron chi connectivity index (χ0n) is 12.7. The minimum Gasteiger partial charge on any atom is -0.384 e. The third-order valence-electron chi connectivity index (χ3n) is 4.37. The molecule has 114 valence electrons. The first-order chi connectivity index (χ1) is 10.1. The van der Waals surface area contributed by atoms with Gasteiger partial charge in [0.15, 0.2) is 0 Å². The summed E-state index contributed by atoms with van der Waals surface area (Å²) in [5.74, 6) is 6.21. The third-order valence-corrected chi connectivity index (χ3v) is 4.37. The monoisotopic (exact) mass is 290 g/mol. The summed E-state index contributed by atoms with van der Waals surface area (Å²) in [5, 5.41) is 8.69. The molecule has 1 N–H and O–H groups in total. The van der Waals surface area contributed by atoms with Gasteiger partial charge in [0.25, 0.3) is 0 Å². The molecule has 1 aliphatic rings. The van der Waals surface area contributed by atoms with E-state index in [9.17, 15) is 4.39 Å². The highest BCUT2D eigenvalue weighted by molar-refractivity contribution is 5.38. The summed E-state index contributed by atoms with van der Waals surface area (Å²) in [6.45, 7) is 4.80. The number of rotatable bonds is 3. The Balaban J connectivity index is 1.94. The van der Waals surface area contributed by atoms with Gasteiger partial charge in [-0.15, -0.1) is 0 Å². The second-order valence-corrected chi connectivity index (χ2v) is 5.97. The Labute approximate surface area is 126 Å². The Kier molecular flexibility index (Phi) is 5.78. The van der Waals surface area contributed by atoms with Crippen LogP contribution in [0.15, 0.2) is 18.2 Å². The van der Waals surface area contributed by atoms with E-state index in [0.717, 1.165) is 24.3 Å². The van der Waals surface area contributed by atoms with Crippen molar-refractivity contribution in [2.75, 3.05) is 6.61 Å². The number of halogens is 1. The van der Waals surface area contributed by atoms with Gasteiger partial charge in [-0.25, -0.2) is 4.39 Å². The SMILES string of the molecule is CC1CCC(OCc2ccc(F)c(C#CCO)c2)CC1C. The molecule has 0 radical (unpaired) electrons.